The molecule has 0 amide bonds. The van der Waals surface area contributed by atoms with E-state index in [2.05, 4.69) is 0 Å². The zero-order valence-electron chi connectivity index (χ0n) is 14.4. The highest BCUT2D eigenvalue weighted by molar-refractivity contribution is 6.30. The fraction of sp³-hybridized carbons (Fsp3) is 0.150. The van der Waals surface area contributed by atoms with E-state index in [0.29, 0.717) is 34.1 Å². The van der Waals surface area contributed by atoms with Crippen LogP contribution in [0.5, 0.6) is 0 Å². The second-order valence-electron chi connectivity index (χ2n) is 6.61. The van der Waals surface area contributed by atoms with E-state index in [1.54, 1.807) is 21.4 Å². The average molecular weight is 378 g/mol. The van der Waals surface area contributed by atoms with Crippen molar-refractivity contribution in [3.05, 3.63) is 69.6 Å². The summed E-state index contributed by atoms with van der Waals surface area (Å²) in [7, 11) is 0. The van der Waals surface area contributed by atoms with Gasteiger partial charge < -0.3 is 5.73 Å². The van der Waals surface area contributed by atoms with Crippen LogP contribution in [0.15, 0.2) is 53.3 Å². The molecule has 4 aromatic rings. The fourth-order valence-electron chi connectivity index (χ4n) is 3.65. The summed E-state index contributed by atoms with van der Waals surface area (Å²) in [5, 5.41) is 5.98. The first-order chi connectivity index (χ1) is 13.1. The van der Waals surface area contributed by atoms with Gasteiger partial charge in [-0.3, -0.25) is 9.36 Å². The van der Waals surface area contributed by atoms with Crippen LogP contribution in [0.25, 0.3) is 28.0 Å². The minimum atomic E-state index is -0.0397. The maximum absolute atomic E-state index is 13.0. The minimum Gasteiger partial charge on any atom is -0.383 e. The molecule has 0 atom stereocenters. The number of aromatic nitrogens is 4. The number of nitrogen functional groups attached to an aromatic ring is 1. The molecule has 0 spiro atoms. The van der Waals surface area contributed by atoms with Gasteiger partial charge in [-0.05, 0) is 49.2 Å². The molecule has 3 heterocycles. The van der Waals surface area contributed by atoms with Gasteiger partial charge in [0.1, 0.15) is 11.6 Å². The molecular weight excluding hydrogens is 362 g/mol. The van der Waals surface area contributed by atoms with Crippen LogP contribution in [0.4, 0.5) is 5.82 Å². The van der Waals surface area contributed by atoms with Crippen LogP contribution in [-0.4, -0.2) is 19.3 Å². The van der Waals surface area contributed by atoms with Gasteiger partial charge in [-0.1, -0.05) is 23.7 Å². The first-order valence-electron chi connectivity index (χ1n) is 8.77. The third-order valence-corrected chi connectivity index (χ3v) is 5.20. The summed E-state index contributed by atoms with van der Waals surface area (Å²) in [5.74, 6) is 1.06. The van der Waals surface area contributed by atoms with Gasteiger partial charge in [0, 0.05) is 11.6 Å². The van der Waals surface area contributed by atoms with Crippen molar-refractivity contribution in [2.45, 2.75) is 19.4 Å². The second-order valence-corrected chi connectivity index (χ2v) is 7.04. The van der Waals surface area contributed by atoms with Gasteiger partial charge in [0.25, 0.3) is 5.56 Å². The van der Waals surface area contributed by atoms with E-state index in [-0.39, 0.29) is 5.56 Å². The standard InChI is InChI=1S/C20H16ClN5O/c21-12-7-9-13(10-8-12)26-18(22)17-16(24-26)6-3-11-25-19(17)23-15-5-2-1-4-14(15)20(25)27/h1-2,4-5,7-10H,3,6,11,22H2. The number of hydrogen-bond acceptors (Lipinski definition) is 4. The monoisotopic (exact) mass is 377 g/mol. The summed E-state index contributed by atoms with van der Waals surface area (Å²) in [6.07, 6.45) is 1.54. The zero-order valence-corrected chi connectivity index (χ0v) is 15.1. The number of fused-ring (bicyclic) bond motifs is 4. The first kappa shape index (κ1) is 16.1. The molecule has 0 fully saturated rings. The second kappa shape index (κ2) is 5.96. The van der Waals surface area contributed by atoms with Gasteiger partial charge in [-0.15, -0.1) is 0 Å². The number of benzene rings is 2. The summed E-state index contributed by atoms with van der Waals surface area (Å²) in [5.41, 5.74) is 9.53. The van der Waals surface area contributed by atoms with E-state index in [1.807, 2.05) is 36.4 Å². The van der Waals surface area contributed by atoms with Crippen molar-refractivity contribution in [2.24, 2.45) is 0 Å². The number of nitrogens with two attached hydrogens (primary N) is 1. The summed E-state index contributed by atoms with van der Waals surface area (Å²) < 4.78 is 3.41. The Morgan fingerprint density at radius 3 is 2.67 bits per heavy atom. The van der Waals surface area contributed by atoms with Gasteiger partial charge in [-0.2, -0.15) is 5.10 Å². The Hall–Kier alpha value is -3.12. The number of para-hydroxylation sites is 1. The Labute approximate surface area is 159 Å². The van der Waals surface area contributed by atoms with Crippen molar-refractivity contribution in [2.75, 3.05) is 5.73 Å². The normalized spacial score (nSPS) is 13.2. The van der Waals surface area contributed by atoms with E-state index in [0.717, 1.165) is 29.8 Å². The molecule has 1 aliphatic heterocycles. The molecule has 27 heavy (non-hydrogen) atoms. The Balaban J connectivity index is 1.80. The van der Waals surface area contributed by atoms with Crippen LogP contribution in [0.2, 0.25) is 5.02 Å². The summed E-state index contributed by atoms with van der Waals surface area (Å²) in [4.78, 5) is 17.8. The molecule has 2 aromatic heterocycles. The Kier molecular flexibility index (Phi) is 3.55. The average Bonchev–Trinajstić information content (AvgIpc) is 2.89. The largest absolute Gasteiger partial charge is 0.383 e. The van der Waals surface area contributed by atoms with Gasteiger partial charge in [-0.25, -0.2) is 9.67 Å². The maximum atomic E-state index is 13.0. The zero-order chi connectivity index (χ0) is 18.5. The molecule has 0 unspecified atom stereocenters. The van der Waals surface area contributed by atoms with E-state index in [9.17, 15) is 4.79 Å². The van der Waals surface area contributed by atoms with Gasteiger partial charge >= 0.3 is 0 Å². The Bertz CT molecular complexity index is 1240. The molecule has 2 N–H and O–H groups in total. The maximum Gasteiger partial charge on any atom is 0.261 e. The SMILES string of the molecule is Nc1c2c(nn1-c1ccc(Cl)cc1)CCCn1c-2nc2ccccc2c1=O. The Morgan fingerprint density at radius 2 is 1.85 bits per heavy atom. The van der Waals surface area contributed by atoms with E-state index < -0.39 is 0 Å². The minimum absolute atomic E-state index is 0.0397. The van der Waals surface area contributed by atoms with Crippen molar-refractivity contribution in [3.8, 4) is 17.1 Å². The number of halogens is 1. The van der Waals surface area contributed by atoms with Crippen LogP contribution in [0.3, 0.4) is 0 Å². The molecule has 0 bridgehead atoms. The van der Waals surface area contributed by atoms with Crippen molar-refractivity contribution in [3.63, 3.8) is 0 Å². The summed E-state index contributed by atoms with van der Waals surface area (Å²) in [6, 6.07) is 14.7. The van der Waals surface area contributed by atoms with Gasteiger partial charge in [0.05, 0.1) is 27.8 Å². The quantitative estimate of drug-likeness (QED) is 0.551. The Morgan fingerprint density at radius 1 is 1.07 bits per heavy atom. The molecular formula is C20H16ClN5O. The molecule has 134 valence electrons. The molecule has 6 nitrogen and oxygen atoms in total. The number of hydrogen-bond donors (Lipinski definition) is 1. The van der Waals surface area contributed by atoms with Crippen molar-refractivity contribution < 1.29 is 0 Å². The first-order valence-corrected chi connectivity index (χ1v) is 9.14. The van der Waals surface area contributed by atoms with Crippen molar-refractivity contribution >= 4 is 28.3 Å². The van der Waals surface area contributed by atoms with E-state index in [1.165, 1.54) is 0 Å². The molecule has 5 rings (SSSR count). The molecule has 7 heteroatoms. The van der Waals surface area contributed by atoms with Crippen LogP contribution in [-0.2, 0) is 13.0 Å². The molecule has 2 aromatic carbocycles. The lowest BCUT2D eigenvalue weighted by atomic mass is 10.1. The van der Waals surface area contributed by atoms with Crippen LogP contribution < -0.4 is 11.3 Å². The van der Waals surface area contributed by atoms with Crippen molar-refractivity contribution in [1.82, 2.24) is 19.3 Å². The molecule has 0 radical (unpaired) electrons. The van der Waals surface area contributed by atoms with E-state index in [4.69, 9.17) is 27.4 Å². The lowest BCUT2D eigenvalue weighted by Gasteiger charge is -2.11. The van der Waals surface area contributed by atoms with E-state index >= 15 is 0 Å². The molecule has 1 aliphatic rings. The van der Waals surface area contributed by atoms with Crippen LogP contribution >= 0.6 is 11.6 Å². The van der Waals surface area contributed by atoms with Crippen LogP contribution in [0, 0.1) is 0 Å². The molecule has 0 aliphatic carbocycles. The summed E-state index contributed by atoms with van der Waals surface area (Å²) in [6.45, 7) is 0.600. The topological polar surface area (TPSA) is 78.7 Å². The summed E-state index contributed by atoms with van der Waals surface area (Å²) >= 11 is 5.99. The third kappa shape index (κ3) is 2.44. The highest BCUT2D eigenvalue weighted by Crippen LogP contribution is 2.33. The predicted octanol–water partition coefficient (Wildman–Crippen LogP) is 3.43. The lowest BCUT2D eigenvalue weighted by Crippen LogP contribution is -2.23. The number of aryl methyl sites for hydroxylation is 1. The predicted molar refractivity (Wildman–Crippen MR) is 106 cm³/mol. The smallest absolute Gasteiger partial charge is 0.261 e. The number of rotatable bonds is 1. The molecule has 0 saturated carbocycles. The lowest BCUT2D eigenvalue weighted by molar-refractivity contribution is 0.629. The number of anilines is 1. The molecule has 0 saturated heterocycles. The highest BCUT2D eigenvalue weighted by atomic mass is 35.5. The van der Waals surface area contributed by atoms with Gasteiger partial charge in [0.15, 0.2) is 0 Å². The fourth-order valence-corrected chi connectivity index (χ4v) is 3.77. The van der Waals surface area contributed by atoms with Crippen molar-refractivity contribution in [1.29, 1.82) is 0 Å². The third-order valence-electron chi connectivity index (χ3n) is 4.95. The van der Waals surface area contributed by atoms with Crippen LogP contribution in [0.1, 0.15) is 12.1 Å². The number of nitrogens with zero attached hydrogens (tertiary/aromatic N) is 4. The van der Waals surface area contributed by atoms with Gasteiger partial charge in [0.2, 0.25) is 0 Å². The highest BCUT2D eigenvalue weighted by Gasteiger charge is 2.25.